The van der Waals surface area contributed by atoms with Crippen LogP contribution in [0.4, 0.5) is 15.3 Å². The molecule has 1 aromatic rings. The third-order valence-corrected chi connectivity index (χ3v) is 1.56. The highest BCUT2D eigenvalue weighted by Gasteiger charge is 2.28. The Bertz CT molecular complexity index is 368. The zero-order chi connectivity index (χ0) is 9.26. The van der Waals surface area contributed by atoms with Crippen LogP contribution in [0.15, 0.2) is 34.5 Å². The van der Waals surface area contributed by atoms with Gasteiger partial charge in [0.05, 0.1) is 5.69 Å². The number of hydrogen-bond acceptors (Lipinski definition) is 2. The summed E-state index contributed by atoms with van der Waals surface area (Å²) in [6, 6.07) is 7.85. The van der Waals surface area contributed by atoms with Crippen LogP contribution in [0.1, 0.15) is 0 Å². The highest BCUT2D eigenvalue weighted by atomic mass is 16.2. The maximum Gasteiger partial charge on any atom is 0.375 e. The van der Waals surface area contributed by atoms with E-state index >= 15 is 0 Å². The summed E-state index contributed by atoms with van der Waals surface area (Å²) in [5, 5.41) is 6.25. The van der Waals surface area contributed by atoms with Gasteiger partial charge in [-0.2, -0.15) is 0 Å². The molecule has 63 valence electrons. The summed E-state index contributed by atoms with van der Waals surface area (Å²) in [5.41, 5.74) is 0.457. The van der Waals surface area contributed by atoms with Crippen molar-refractivity contribution in [2.24, 2.45) is 10.2 Å². The molecule has 0 N–H and O–H groups in total. The maximum atomic E-state index is 11.0. The largest absolute Gasteiger partial charge is 0.375 e. The number of hydrogen-bond donors (Lipinski definition) is 0. The van der Waals surface area contributed by atoms with Crippen LogP contribution < -0.4 is 4.90 Å². The fourth-order valence-electron chi connectivity index (χ4n) is 1.00. The standard InChI is InChI=1S/C8H4N3O2/c12-7-9-10-8(13)11(7)6-4-2-1-3-5-6/h2-5H. The van der Waals surface area contributed by atoms with Gasteiger partial charge >= 0.3 is 12.1 Å². The van der Waals surface area contributed by atoms with Crippen molar-refractivity contribution < 1.29 is 9.59 Å². The molecular weight excluding hydrogens is 170 g/mol. The summed E-state index contributed by atoms with van der Waals surface area (Å²) in [4.78, 5) is 22.9. The van der Waals surface area contributed by atoms with Gasteiger partial charge in [0.25, 0.3) is 0 Å². The first-order valence-corrected chi connectivity index (χ1v) is 3.55. The fourth-order valence-corrected chi connectivity index (χ4v) is 1.00. The minimum absolute atomic E-state index is 0.457. The molecule has 2 rings (SSSR count). The molecule has 13 heavy (non-hydrogen) atoms. The molecule has 5 nitrogen and oxygen atoms in total. The van der Waals surface area contributed by atoms with Crippen molar-refractivity contribution in [2.75, 3.05) is 4.90 Å². The van der Waals surface area contributed by atoms with Crippen molar-refractivity contribution in [3.8, 4) is 0 Å². The van der Waals surface area contributed by atoms with Crippen LogP contribution in [-0.4, -0.2) is 12.1 Å². The molecule has 0 unspecified atom stereocenters. The third kappa shape index (κ3) is 1.20. The van der Waals surface area contributed by atoms with Crippen molar-refractivity contribution >= 4 is 17.7 Å². The molecule has 1 aromatic carbocycles. The number of amides is 4. The van der Waals surface area contributed by atoms with Crippen LogP contribution in [0.25, 0.3) is 0 Å². The zero-order valence-corrected chi connectivity index (χ0v) is 6.47. The molecule has 0 saturated carbocycles. The van der Waals surface area contributed by atoms with Gasteiger partial charge in [0.2, 0.25) is 0 Å². The average molecular weight is 174 g/mol. The first-order valence-electron chi connectivity index (χ1n) is 3.55. The number of rotatable bonds is 1. The third-order valence-electron chi connectivity index (χ3n) is 1.56. The first kappa shape index (κ1) is 7.60. The van der Waals surface area contributed by atoms with E-state index in [9.17, 15) is 9.59 Å². The number of urea groups is 2. The van der Waals surface area contributed by atoms with E-state index in [0.717, 1.165) is 4.90 Å². The summed E-state index contributed by atoms with van der Waals surface area (Å²) in [5.74, 6) is 0. The lowest BCUT2D eigenvalue weighted by molar-refractivity contribution is 0.249. The molecule has 4 amide bonds. The van der Waals surface area contributed by atoms with Gasteiger partial charge in [0.15, 0.2) is 0 Å². The Morgan fingerprint density at radius 2 is 1.62 bits per heavy atom. The number of azo groups is 1. The number of nitrogens with zero attached hydrogens (tertiary/aromatic N) is 3. The summed E-state index contributed by atoms with van der Waals surface area (Å²) >= 11 is 0. The molecule has 0 aliphatic carbocycles. The summed E-state index contributed by atoms with van der Waals surface area (Å²) in [7, 11) is 0. The molecule has 1 aliphatic heterocycles. The summed E-state index contributed by atoms with van der Waals surface area (Å²) in [6.07, 6.45) is 0. The van der Waals surface area contributed by atoms with E-state index in [1.54, 1.807) is 24.3 Å². The predicted octanol–water partition coefficient (Wildman–Crippen LogP) is 2.00. The lowest BCUT2D eigenvalue weighted by atomic mass is 10.3. The molecule has 0 bridgehead atoms. The van der Waals surface area contributed by atoms with Gasteiger partial charge in [0, 0.05) is 0 Å². The zero-order valence-electron chi connectivity index (χ0n) is 6.47. The Kier molecular flexibility index (Phi) is 1.63. The van der Waals surface area contributed by atoms with E-state index < -0.39 is 12.1 Å². The van der Waals surface area contributed by atoms with Crippen molar-refractivity contribution in [1.82, 2.24) is 0 Å². The van der Waals surface area contributed by atoms with Crippen LogP contribution in [0.3, 0.4) is 0 Å². The van der Waals surface area contributed by atoms with Crippen LogP contribution in [-0.2, 0) is 0 Å². The van der Waals surface area contributed by atoms with Crippen LogP contribution in [0, 0.1) is 6.07 Å². The lowest BCUT2D eigenvalue weighted by Crippen LogP contribution is -2.27. The van der Waals surface area contributed by atoms with Gasteiger partial charge in [-0.1, -0.05) is 22.4 Å². The Hall–Kier alpha value is -2.04. The molecule has 1 heterocycles. The van der Waals surface area contributed by atoms with Gasteiger partial charge in [0.1, 0.15) is 0 Å². The SMILES string of the molecule is O=C1N=NC(=O)N1c1cc[c]cc1. The monoisotopic (exact) mass is 174 g/mol. The molecule has 0 spiro atoms. The molecule has 0 fully saturated rings. The highest BCUT2D eigenvalue weighted by molar-refractivity contribution is 6.17. The number of benzene rings is 1. The minimum atomic E-state index is -0.656. The molecule has 0 aromatic heterocycles. The van der Waals surface area contributed by atoms with E-state index in [0.29, 0.717) is 5.69 Å². The Balaban J connectivity index is 2.38. The summed E-state index contributed by atoms with van der Waals surface area (Å²) in [6.45, 7) is 0. The van der Waals surface area contributed by atoms with E-state index in [4.69, 9.17) is 0 Å². The highest BCUT2D eigenvalue weighted by Crippen LogP contribution is 2.19. The van der Waals surface area contributed by atoms with Crippen LogP contribution >= 0.6 is 0 Å². The average Bonchev–Trinajstić information content (AvgIpc) is 2.48. The predicted molar refractivity (Wildman–Crippen MR) is 43.4 cm³/mol. The summed E-state index contributed by atoms with van der Waals surface area (Å²) < 4.78 is 0. The van der Waals surface area contributed by atoms with Gasteiger partial charge < -0.3 is 0 Å². The Labute approximate surface area is 73.7 Å². The Morgan fingerprint density at radius 1 is 1.08 bits per heavy atom. The van der Waals surface area contributed by atoms with Crippen molar-refractivity contribution in [3.63, 3.8) is 0 Å². The van der Waals surface area contributed by atoms with Crippen molar-refractivity contribution in [3.05, 3.63) is 30.3 Å². The van der Waals surface area contributed by atoms with Crippen molar-refractivity contribution in [2.45, 2.75) is 0 Å². The lowest BCUT2D eigenvalue weighted by Gasteiger charge is -2.08. The number of carbonyl (C=O) groups excluding carboxylic acids is 2. The smallest absolute Gasteiger partial charge is 0.243 e. The van der Waals surface area contributed by atoms with Gasteiger partial charge in [-0.05, 0) is 18.2 Å². The van der Waals surface area contributed by atoms with Crippen molar-refractivity contribution in [1.29, 1.82) is 0 Å². The molecule has 5 heteroatoms. The van der Waals surface area contributed by atoms with E-state index in [1.807, 2.05) is 0 Å². The number of anilines is 1. The quantitative estimate of drug-likeness (QED) is 0.653. The second-order valence-electron chi connectivity index (χ2n) is 2.36. The van der Waals surface area contributed by atoms with Gasteiger partial charge in [-0.15, -0.1) is 0 Å². The topological polar surface area (TPSA) is 62.1 Å². The van der Waals surface area contributed by atoms with Gasteiger partial charge in [-0.3, -0.25) is 0 Å². The minimum Gasteiger partial charge on any atom is -0.243 e. The molecule has 1 radical (unpaired) electrons. The van der Waals surface area contributed by atoms with Crippen LogP contribution in [0.2, 0.25) is 0 Å². The first-order chi connectivity index (χ1) is 6.29. The maximum absolute atomic E-state index is 11.0. The normalized spacial score (nSPS) is 15.5. The second kappa shape index (κ2) is 2.78. The molecular formula is C8H4N3O2. The van der Waals surface area contributed by atoms with Gasteiger partial charge in [-0.25, -0.2) is 14.5 Å². The molecule has 0 saturated heterocycles. The van der Waals surface area contributed by atoms with E-state index in [2.05, 4.69) is 16.3 Å². The van der Waals surface area contributed by atoms with Crippen LogP contribution in [0.5, 0.6) is 0 Å². The number of carbonyl (C=O) groups is 2. The fraction of sp³-hybridized carbons (Fsp3) is 0. The second-order valence-corrected chi connectivity index (χ2v) is 2.36. The Morgan fingerprint density at radius 3 is 2.15 bits per heavy atom. The molecule has 1 aliphatic rings. The molecule has 0 atom stereocenters. The number of imide groups is 1. The van der Waals surface area contributed by atoms with E-state index in [1.165, 1.54) is 0 Å². The van der Waals surface area contributed by atoms with E-state index in [-0.39, 0.29) is 0 Å².